The monoisotopic (exact) mass is 321 g/mol. The van der Waals surface area contributed by atoms with E-state index in [1.807, 2.05) is 0 Å². The molecule has 0 unspecified atom stereocenters. The molecule has 1 aliphatic rings. The molecule has 1 aliphatic heterocycles. The van der Waals surface area contributed by atoms with Gasteiger partial charge in [0.2, 0.25) is 0 Å². The number of hydrogen-bond donors (Lipinski definition) is 1. The summed E-state index contributed by atoms with van der Waals surface area (Å²) in [7, 11) is 0. The Balaban J connectivity index is 1.97. The molecule has 3 rings (SSSR count). The molecule has 1 aromatic carbocycles. The van der Waals surface area contributed by atoms with Crippen LogP contribution in [0.1, 0.15) is 23.9 Å². The quantitative estimate of drug-likeness (QED) is 0.880. The highest BCUT2D eigenvalue weighted by molar-refractivity contribution is 6.07. The molecular formula is C15H13F2N3O3. The summed E-state index contributed by atoms with van der Waals surface area (Å²) in [6, 6.07) is 2.06. The Morgan fingerprint density at radius 2 is 2.09 bits per heavy atom. The second-order valence-electron chi connectivity index (χ2n) is 5.43. The highest BCUT2D eigenvalue weighted by atomic mass is 19.1. The molecule has 1 N–H and O–H groups in total. The molecule has 0 aliphatic carbocycles. The van der Waals surface area contributed by atoms with Crippen molar-refractivity contribution in [2.45, 2.75) is 25.9 Å². The third-order valence-electron chi connectivity index (χ3n) is 3.89. The van der Waals surface area contributed by atoms with E-state index in [0.29, 0.717) is 11.5 Å². The number of benzene rings is 1. The van der Waals surface area contributed by atoms with Gasteiger partial charge in [-0.2, -0.15) is 0 Å². The maximum Gasteiger partial charge on any atom is 0.325 e. The minimum Gasteiger partial charge on any atom is -0.448 e. The molecule has 0 spiro atoms. The number of carbonyl (C=O) groups excluding carboxylic acids is 2. The highest BCUT2D eigenvalue weighted by Crippen LogP contribution is 2.32. The number of aromatic nitrogens is 1. The number of hydrogen-bond acceptors (Lipinski definition) is 4. The summed E-state index contributed by atoms with van der Waals surface area (Å²) in [5.74, 6) is -1.69. The van der Waals surface area contributed by atoms with Crippen molar-refractivity contribution in [2.24, 2.45) is 0 Å². The molecule has 0 radical (unpaired) electrons. The zero-order chi connectivity index (χ0) is 16.8. The van der Waals surface area contributed by atoms with Crippen molar-refractivity contribution in [3.8, 4) is 0 Å². The number of nitrogens with zero attached hydrogens (tertiary/aromatic N) is 2. The first-order valence-corrected chi connectivity index (χ1v) is 6.81. The minimum absolute atomic E-state index is 0.112. The van der Waals surface area contributed by atoms with Gasteiger partial charge in [0.05, 0.1) is 6.54 Å². The van der Waals surface area contributed by atoms with Crippen LogP contribution < -0.4 is 5.32 Å². The predicted molar refractivity (Wildman–Crippen MR) is 74.0 cm³/mol. The fraction of sp³-hybridized carbons (Fsp3) is 0.267. The second kappa shape index (κ2) is 5.15. The summed E-state index contributed by atoms with van der Waals surface area (Å²) < 4.78 is 32.5. The number of halogens is 2. The van der Waals surface area contributed by atoms with Crippen molar-refractivity contribution in [3.63, 3.8) is 0 Å². The molecule has 120 valence electrons. The normalized spacial score (nSPS) is 21.0. The molecular weight excluding hydrogens is 308 g/mol. The Morgan fingerprint density at radius 3 is 2.74 bits per heavy atom. The lowest BCUT2D eigenvalue weighted by atomic mass is 9.91. The number of oxazole rings is 1. The summed E-state index contributed by atoms with van der Waals surface area (Å²) >= 11 is 0. The van der Waals surface area contributed by atoms with Crippen LogP contribution in [0.15, 0.2) is 29.0 Å². The van der Waals surface area contributed by atoms with Gasteiger partial charge in [-0.1, -0.05) is 0 Å². The Kier molecular flexibility index (Phi) is 3.39. The molecule has 0 saturated carbocycles. The van der Waals surface area contributed by atoms with Crippen LogP contribution >= 0.6 is 0 Å². The van der Waals surface area contributed by atoms with E-state index in [4.69, 9.17) is 4.42 Å². The fourth-order valence-electron chi connectivity index (χ4n) is 2.53. The van der Waals surface area contributed by atoms with E-state index in [9.17, 15) is 18.4 Å². The van der Waals surface area contributed by atoms with Gasteiger partial charge in [-0.3, -0.25) is 9.69 Å². The van der Waals surface area contributed by atoms with Crippen molar-refractivity contribution in [1.29, 1.82) is 0 Å². The van der Waals surface area contributed by atoms with E-state index < -0.39 is 29.1 Å². The van der Waals surface area contributed by atoms with Gasteiger partial charge < -0.3 is 9.73 Å². The van der Waals surface area contributed by atoms with Gasteiger partial charge in [-0.15, -0.1) is 0 Å². The summed E-state index contributed by atoms with van der Waals surface area (Å²) in [5.41, 5.74) is -1.49. The van der Waals surface area contributed by atoms with Crippen LogP contribution in [0, 0.1) is 18.6 Å². The first-order valence-electron chi connectivity index (χ1n) is 6.81. The van der Waals surface area contributed by atoms with Crippen LogP contribution in [0.4, 0.5) is 13.6 Å². The van der Waals surface area contributed by atoms with E-state index >= 15 is 0 Å². The summed E-state index contributed by atoms with van der Waals surface area (Å²) in [4.78, 5) is 29.6. The van der Waals surface area contributed by atoms with E-state index in [0.717, 1.165) is 23.1 Å². The molecule has 1 aromatic heterocycles. The topological polar surface area (TPSA) is 75.4 Å². The SMILES string of the molecule is Cc1ocnc1CN1C(=O)N[C@](C)(c2cc(F)ccc2F)C1=O. The van der Waals surface area contributed by atoms with Crippen molar-refractivity contribution < 1.29 is 22.8 Å². The van der Waals surface area contributed by atoms with Crippen molar-refractivity contribution in [3.05, 3.63) is 53.2 Å². The first-order chi connectivity index (χ1) is 10.8. The van der Waals surface area contributed by atoms with Gasteiger partial charge in [-0.25, -0.2) is 18.6 Å². The average Bonchev–Trinajstić information content (AvgIpc) is 2.99. The number of nitrogens with one attached hydrogen (secondary N) is 1. The number of urea groups is 1. The molecule has 3 amide bonds. The Hall–Kier alpha value is -2.77. The van der Waals surface area contributed by atoms with Gasteiger partial charge in [0.25, 0.3) is 5.91 Å². The predicted octanol–water partition coefficient (Wildman–Crippen LogP) is 2.23. The second-order valence-corrected chi connectivity index (χ2v) is 5.43. The lowest BCUT2D eigenvalue weighted by Crippen LogP contribution is -2.41. The molecule has 2 heterocycles. The van der Waals surface area contributed by atoms with E-state index in [1.165, 1.54) is 13.3 Å². The maximum absolute atomic E-state index is 14.0. The molecule has 1 atom stereocenters. The smallest absolute Gasteiger partial charge is 0.325 e. The average molecular weight is 321 g/mol. The highest BCUT2D eigenvalue weighted by Gasteiger charge is 2.50. The molecule has 23 heavy (non-hydrogen) atoms. The number of aryl methyl sites for hydroxylation is 1. The standard InChI is InChI=1S/C15H13F2N3O3/c1-8-12(18-7-23-8)6-20-13(21)15(2,19-14(20)22)10-5-9(16)3-4-11(10)17/h3-5,7H,6H2,1-2H3,(H,19,22)/t15-/m1/s1. The third kappa shape index (κ3) is 2.36. The minimum atomic E-state index is -1.68. The van der Waals surface area contributed by atoms with Crippen LogP contribution in [0.25, 0.3) is 0 Å². The Bertz CT molecular complexity index is 805. The Labute approximate surface area is 130 Å². The molecule has 0 bridgehead atoms. The summed E-state index contributed by atoms with van der Waals surface area (Å²) in [6.45, 7) is 2.87. The van der Waals surface area contributed by atoms with Gasteiger partial charge >= 0.3 is 6.03 Å². The van der Waals surface area contributed by atoms with E-state index in [2.05, 4.69) is 10.3 Å². The van der Waals surface area contributed by atoms with Crippen molar-refractivity contribution >= 4 is 11.9 Å². The lowest BCUT2D eigenvalue weighted by Gasteiger charge is -2.22. The van der Waals surface area contributed by atoms with E-state index in [1.54, 1.807) is 6.92 Å². The van der Waals surface area contributed by atoms with Crippen molar-refractivity contribution in [2.75, 3.05) is 0 Å². The summed E-state index contributed by atoms with van der Waals surface area (Å²) in [5, 5.41) is 2.42. The molecule has 1 fully saturated rings. The van der Waals surface area contributed by atoms with Gasteiger partial charge in [0.1, 0.15) is 28.6 Å². The zero-order valence-corrected chi connectivity index (χ0v) is 12.4. The molecule has 2 aromatic rings. The zero-order valence-electron chi connectivity index (χ0n) is 12.4. The number of imide groups is 1. The number of amides is 3. The van der Waals surface area contributed by atoms with Crippen LogP contribution in [0.5, 0.6) is 0 Å². The van der Waals surface area contributed by atoms with Crippen LogP contribution in [0.3, 0.4) is 0 Å². The van der Waals surface area contributed by atoms with Gasteiger partial charge in [-0.05, 0) is 32.0 Å². The van der Waals surface area contributed by atoms with Crippen LogP contribution in [-0.4, -0.2) is 21.8 Å². The Morgan fingerprint density at radius 1 is 1.35 bits per heavy atom. The lowest BCUT2D eigenvalue weighted by molar-refractivity contribution is -0.131. The first kappa shape index (κ1) is 15.1. The fourth-order valence-corrected chi connectivity index (χ4v) is 2.53. The number of rotatable bonds is 3. The van der Waals surface area contributed by atoms with Gasteiger partial charge in [0.15, 0.2) is 6.39 Å². The van der Waals surface area contributed by atoms with E-state index in [-0.39, 0.29) is 12.1 Å². The van der Waals surface area contributed by atoms with Crippen LogP contribution in [-0.2, 0) is 16.9 Å². The largest absolute Gasteiger partial charge is 0.448 e. The maximum atomic E-state index is 14.0. The molecule has 6 nitrogen and oxygen atoms in total. The molecule has 1 saturated heterocycles. The third-order valence-corrected chi connectivity index (χ3v) is 3.89. The van der Waals surface area contributed by atoms with Gasteiger partial charge in [0, 0.05) is 5.56 Å². The van der Waals surface area contributed by atoms with Crippen LogP contribution in [0.2, 0.25) is 0 Å². The summed E-state index contributed by atoms with van der Waals surface area (Å²) in [6.07, 6.45) is 1.20. The van der Waals surface area contributed by atoms with Crippen molar-refractivity contribution in [1.82, 2.24) is 15.2 Å². The number of carbonyl (C=O) groups is 2. The molecule has 8 heteroatoms.